The lowest BCUT2D eigenvalue weighted by molar-refractivity contribution is 0.632. The van der Waals surface area contributed by atoms with Crippen LogP contribution in [0.2, 0.25) is 5.02 Å². The van der Waals surface area contributed by atoms with Gasteiger partial charge in [-0.25, -0.2) is 4.39 Å². The van der Waals surface area contributed by atoms with Crippen molar-refractivity contribution in [1.82, 2.24) is 14.8 Å². The monoisotopic (exact) mass is 230 g/mol. The molecule has 0 amide bonds. The average Bonchev–Trinajstić information content (AvgIpc) is 2.64. The van der Waals surface area contributed by atoms with Gasteiger partial charge in [0.2, 0.25) is 5.13 Å². The second-order valence-corrected chi connectivity index (χ2v) is 3.59. The van der Waals surface area contributed by atoms with Gasteiger partial charge in [-0.1, -0.05) is 21.2 Å². The molecule has 0 spiro atoms. The maximum absolute atomic E-state index is 13.2. The zero-order valence-electron chi connectivity index (χ0n) is 6.74. The molecule has 1 aromatic carbocycles. The maximum Gasteiger partial charge on any atom is 0.229 e. The van der Waals surface area contributed by atoms with Crippen LogP contribution in [0, 0.1) is 5.82 Å². The Morgan fingerprint density at radius 3 is 3.00 bits per heavy atom. The number of benzene rings is 1. The normalized spacial score (nSPS) is 10.1. The van der Waals surface area contributed by atoms with Crippen molar-refractivity contribution in [3.05, 3.63) is 29.0 Å². The first kappa shape index (κ1) is 9.29. The summed E-state index contributed by atoms with van der Waals surface area (Å²) < 4.78 is 16.7. The van der Waals surface area contributed by atoms with Crippen LogP contribution in [-0.4, -0.2) is 14.8 Å². The molecule has 1 aromatic heterocycles. The van der Waals surface area contributed by atoms with Gasteiger partial charge in [0.15, 0.2) is 0 Å². The van der Waals surface area contributed by atoms with Gasteiger partial charge in [0.05, 0.1) is 5.69 Å². The minimum atomic E-state index is -0.399. The third-order valence-corrected chi connectivity index (χ3v) is 2.22. The third kappa shape index (κ3) is 1.97. The number of anilines is 2. The summed E-state index contributed by atoms with van der Waals surface area (Å²) in [6.07, 6.45) is 0. The summed E-state index contributed by atoms with van der Waals surface area (Å²) in [6, 6.07) is 4.22. The van der Waals surface area contributed by atoms with Gasteiger partial charge in [-0.3, -0.25) is 0 Å². The maximum atomic E-state index is 13.2. The van der Waals surface area contributed by atoms with E-state index in [1.165, 1.54) is 18.2 Å². The highest BCUT2D eigenvalue weighted by Crippen LogP contribution is 2.23. The molecule has 0 saturated carbocycles. The molecule has 0 unspecified atom stereocenters. The lowest BCUT2D eigenvalue weighted by Gasteiger charge is -2.02. The second-order valence-electron chi connectivity index (χ2n) is 2.42. The van der Waals surface area contributed by atoms with E-state index in [1.807, 2.05) is 0 Å². The van der Waals surface area contributed by atoms with Crippen molar-refractivity contribution in [3.63, 3.8) is 0 Å². The molecular weight excluding hydrogens is 227 g/mol. The molecule has 7 heteroatoms. The van der Waals surface area contributed by atoms with E-state index < -0.39 is 5.82 Å². The van der Waals surface area contributed by atoms with Gasteiger partial charge in [0, 0.05) is 16.6 Å². The first-order valence-corrected chi connectivity index (χ1v) is 4.78. The molecule has 1 N–H and O–H groups in total. The Labute approximate surface area is 87.9 Å². The first-order chi connectivity index (χ1) is 6.75. The van der Waals surface area contributed by atoms with Gasteiger partial charge in [-0.15, -0.1) is 0 Å². The highest BCUT2D eigenvalue weighted by Gasteiger charge is 2.05. The number of rotatable bonds is 2. The van der Waals surface area contributed by atoms with E-state index in [0.717, 1.165) is 11.5 Å². The molecule has 1 heterocycles. The van der Waals surface area contributed by atoms with Crippen LogP contribution in [0.5, 0.6) is 0 Å². The van der Waals surface area contributed by atoms with E-state index in [1.54, 1.807) is 0 Å². The van der Waals surface area contributed by atoms with E-state index in [4.69, 9.17) is 11.6 Å². The van der Waals surface area contributed by atoms with Crippen molar-refractivity contribution >= 4 is 34.0 Å². The Hall–Kier alpha value is -1.27. The quantitative estimate of drug-likeness (QED) is 0.861. The molecule has 0 saturated heterocycles. The fourth-order valence-corrected chi connectivity index (χ4v) is 1.44. The molecule has 0 fully saturated rings. The van der Waals surface area contributed by atoms with Crippen LogP contribution in [0.15, 0.2) is 18.2 Å². The van der Waals surface area contributed by atoms with Crippen LogP contribution >= 0.6 is 23.1 Å². The Morgan fingerprint density at radius 2 is 2.29 bits per heavy atom. The predicted octanol–water partition coefficient (Wildman–Crippen LogP) is 2.47. The highest BCUT2D eigenvalue weighted by molar-refractivity contribution is 7.09. The molecule has 0 radical (unpaired) electrons. The Balaban J connectivity index is 2.28. The van der Waals surface area contributed by atoms with Crippen molar-refractivity contribution < 1.29 is 4.39 Å². The summed E-state index contributed by atoms with van der Waals surface area (Å²) in [7, 11) is 0. The second kappa shape index (κ2) is 3.85. The van der Waals surface area contributed by atoms with Crippen LogP contribution in [-0.2, 0) is 0 Å². The number of aromatic nitrogens is 3. The fraction of sp³-hybridized carbons (Fsp3) is 0. The minimum Gasteiger partial charge on any atom is -0.326 e. The molecule has 14 heavy (non-hydrogen) atoms. The van der Waals surface area contributed by atoms with E-state index in [9.17, 15) is 4.39 Å². The summed E-state index contributed by atoms with van der Waals surface area (Å²) in [6.45, 7) is 0. The van der Waals surface area contributed by atoms with Gasteiger partial charge in [-0.2, -0.15) is 0 Å². The Morgan fingerprint density at radius 1 is 1.43 bits per heavy atom. The van der Waals surface area contributed by atoms with Crippen molar-refractivity contribution in [2.45, 2.75) is 0 Å². The Kier molecular flexibility index (Phi) is 2.55. The van der Waals surface area contributed by atoms with Gasteiger partial charge >= 0.3 is 0 Å². The molecule has 0 aliphatic heterocycles. The predicted molar refractivity (Wildman–Crippen MR) is 52.4 cm³/mol. The summed E-state index contributed by atoms with van der Waals surface area (Å²) in [5, 5.41) is 10.6. The summed E-state index contributed by atoms with van der Waals surface area (Å²) >= 11 is 6.74. The summed E-state index contributed by atoms with van der Waals surface area (Å²) in [5.74, 6) is -0.399. The van der Waals surface area contributed by atoms with Crippen LogP contribution in [0.3, 0.4) is 0 Å². The van der Waals surface area contributed by atoms with Gasteiger partial charge in [-0.05, 0) is 23.4 Å². The van der Waals surface area contributed by atoms with Crippen molar-refractivity contribution in [3.8, 4) is 0 Å². The van der Waals surface area contributed by atoms with Crippen LogP contribution < -0.4 is 5.32 Å². The smallest absolute Gasteiger partial charge is 0.229 e. The van der Waals surface area contributed by atoms with E-state index in [2.05, 4.69) is 20.1 Å². The van der Waals surface area contributed by atoms with Gasteiger partial charge < -0.3 is 5.32 Å². The van der Waals surface area contributed by atoms with E-state index in [0.29, 0.717) is 10.2 Å². The molecule has 2 aromatic rings. The molecule has 4 nitrogen and oxygen atoms in total. The van der Waals surface area contributed by atoms with Crippen LogP contribution in [0.4, 0.5) is 15.2 Å². The third-order valence-electron chi connectivity index (χ3n) is 1.47. The fourth-order valence-electron chi connectivity index (χ4n) is 0.890. The summed E-state index contributed by atoms with van der Waals surface area (Å²) in [4.78, 5) is 0. The van der Waals surface area contributed by atoms with E-state index in [-0.39, 0.29) is 5.69 Å². The molecule has 72 valence electrons. The molecule has 2 rings (SSSR count). The van der Waals surface area contributed by atoms with Crippen molar-refractivity contribution in [2.75, 3.05) is 5.32 Å². The Bertz CT molecular complexity index is 433. The zero-order valence-corrected chi connectivity index (χ0v) is 8.31. The SMILES string of the molecule is Fc1ccc(Cl)cc1Nc1nnns1. The molecule has 0 aliphatic carbocycles. The van der Waals surface area contributed by atoms with Crippen molar-refractivity contribution in [2.24, 2.45) is 0 Å². The van der Waals surface area contributed by atoms with Crippen molar-refractivity contribution in [1.29, 1.82) is 0 Å². The lowest BCUT2D eigenvalue weighted by atomic mass is 10.3. The van der Waals surface area contributed by atoms with Gasteiger partial charge in [0.1, 0.15) is 5.82 Å². The number of nitrogens with one attached hydrogen (secondary N) is 1. The lowest BCUT2D eigenvalue weighted by Crippen LogP contribution is -1.92. The molecule has 0 bridgehead atoms. The standard InChI is InChI=1S/C7H4ClFN4S/c8-4-1-2-5(9)6(3-4)10-7-11-12-13-14-7/h1-3H,(H,10,11,13). The largest absolute Gasteiger partial charge is 0.326 e. The first-order valence-electron chi connectivity index (χ1n) is 3.63. The van der Waals surface area contributed by atoms with Crippen LogP contribution in [0.25, 0.3) is 0 Å². The molecule has 0 atom stereocenters. The van der Waals surface area contributed by atoms with E-state index >= 15 is 0 Å². The number of nitrogens with zero attached hydrogens (tertiary/aromatic N) is 3. The average molecular weight is 231 g/mol. The zero-order chi connectivity index (χ0) is 9.97. The molecule has 0 aliphatic rings. The minimum absolute atomic E-state index is 0.260. The molecular formula is C7H4ClFN4S. The van der Waals surface area contributed by atoms with Crippen LogP contribution in [0.1, 0.15) is 0 Å². The number of hydrogen-bond donors (Lipinski definition) is 1. The topological polar surface area (TPSA) is 50.7 Å². The highest BCUT2D eigenvalue weighted by atomic mass is 35.5. The van der Waals surface area contributed by atoms with Gasteiger partial charge in [0.25, 0.3) is 0 Å². The number of hydrogen-bond acceptors (Lipinski definition) is 5. The summed E-state index contributed by atoms with van der Waals surface area (Å²) in [5.41, 5.74) is 0.260. The number of halogens is 2.